The third-order valence-corrected chi connectivity index (χ3v) is 7.92. The minimum absolute atomic E-state index is 0.120. The average Bonchev–Trinajstić information content (AvgIpc) is 3.18. The van der Waals surface area contributed by atoms with Crippen LogP contribution in [0.2, 0.25) is 0 Å². The number of aromatic amines is 1. The van der Waals surface area contributed by atoms with Crippen LogP contribution in [0.3, 0.4) is 0 Å². The van der Waals surface area contributed by atoms with E-state index in [0.29, 0.717) is 28.7 Å². The van der Waals surface area contributed by atoms with Crippen molar-refractivity contribution in [3.63, 3.8) is 0 Å². The van der Waals surface area contributed by atoms with Crippen molar-refractivity contribution in [1.29, 1.82) is 0 Å². The summed E-state index contributed by atoms with van der Waals surface area (Å²) in [6.07, 6.45) is 2.68. The molecular formula is C29H36F4N4O. The number of unbranched alkanes of at least 4 members (excludes halogenated alkanes) is 1. The molecule has 5 rings (SSSR count). The molecule has 2 aliphatic heterocycles. The summed E-state index contributed by atoms with van der Waals surface area (Å²) in [6, 6.07) is 5.76. The monoisotopic (exact) mass is 532 g/mol. The molecule has 38 heavy (non-hydrogen) atoms. The van der Waals surface area contributed by atoms with Gasteiger partial charge in [-0.2, -0.15) is 0 Å². The van der Waals surface area contributed by atoms with Gasteiger partial charge in [0.25, 0.3) is 0 Å². The summed E-state index contributed by atoms with van der Waals surface area (Å²) < 4.78 is 60.8. The molecule has 1 saturated heterocycles. The Bertz CT molecular complexity index is 1280. The number of alkyl halides is 1. The van der Waals surface area contributed by atoms with Gasteiger partial charge >= 0.3 is 0 Å². The van der Waals surface area contributed by atoms with Crippen LogP contribution >= 0.6 is 0 Å². The van der Waals surface area contributed by atoms with Gasteiger partial charge in [0, 0.05) is 53.5 Å². The molecule has 0 saturated carbocycles. The van der Waals surface area contributed by atoms with Crippen molar-refractivity contribution in [3.05, 3.63) is 64.6 Å². The molecule has 2 aliphatic rings. The van der Waals surface area contributed by atoms with Crippen LogP contribution in [0.4, 0.5) is 23.2 Å². The quantitative estimate of drug-likeness (QED) is 0.317. The highest BCUT2D eigenvalue weighted by molar-refractivity contribution is 5.85. The lowest BCUT2D eigenvalue weighted by Crippen LogP contribution is -2.54. The van der Waals surface area contributed by atoms with Crippen molar-refractivity contribution < 1.29 is 22.7 Å². The fourth-order valence-electron chi connectivity index (χ4n) is 5.91. The van der Waals surface area contributed by atoms with Crippen molar-refractivity contribution in [2.45, 2.75) is 63.8 Å². The zero-order valence-electron chi connectivity index (χ0n) is 22.1. The second kappa shape index (κ2) is 10.5. The number of aromatic nitrogens is 1. The Kier molecular flexibility index (Phi) is 7.46. The van der Waals surface area contributed by atoms with Crippen molar-refractivity contribution in [3.8, 4) is 0 Å². The van der Waals surface area contributed by atoms with E-state index in [1.807, 2.05) is 6.92 Å². The third-order valence-electron chi connectivity index (χ3n) is 7.92. The van der Waals surface area contributed by atoms with Crippen molar-refractivity contribution in [1.82, 2.24) is 14.8 Å². The lowest BCUT2D eigenvalue weighted by molar-refractivity contribution is 0.0162. The molecule has 0 aliphatic carbocycles. The van der Waals surface area contributed by atoms with Gasteiger partial charge in [-0.05, 0) is 69.1 Å². The molecule has 0 spiro atoms. The average molecular weight is 533 g/mol. The second-order valence-corrected chi connectivity index (χ2v) is 11.2. The molecule has 3 heterocycles. The lowest BCUT2D eigenvalue weighted by atomic mass is 9.87. The van der Waals surface area contributed by atoms with Gasteiger partial charge in [-0.3, -0.25) is 9.80 Å². The van der Waals surface area contributed by atoms with Crippen LogP contribution < -0.4 is 5.32 Å². The summed E-state index contributed by atoms with van der Waals surface area (Å²) in [5.41, 5.74) is 0.121. The number of aliphatic hydroxyl groups excluding tert-OH is 1. The maximum atomic E-state index is 15.8. The summed E-state index contributed by atoms with van der Waals surface area (Å²) in [6.45, 7) is 6.98. The first-order valence-corrected chi connectivity index (χ1v) is 13.4. The fraction of sp³-hybridized carbons (Fsp3) is 0.517. The molecular weight excluding hydrogens is 496 g/mol. The molecule has 0 bridgehead atoms. The van der Waals surface area contributed by atoms with Crippen LogP contribution in [0.15, 0.2) is 30.3 Å². The molecule has 3 aromatic rings. The van der Waals surface area contributed by atoms with E-state index in [1.54, 1.807) is 11.0 Å². The SMILES string of the molecule is CCCCN1CC(Nc2cc(F)c([C@H]3c4[nH]c5ccc(F)cc5c4C[C@H](C)N3C[C@](C)(F)CO)c(F)c2)C1. The number of nitrogens with one attached hydrogen (secondary N) is 2. The van der Waals surface area contributed by atoms with Crippen LogP contribution in [0.25, 0.3) is 10.9 Å². The smallest absolute Gasteiger partial charge is 0.143 e. The Hall–Kier alpha value is -2.62. The fourth-order valence-corrected chi connectivity index (χ4v) is 5.91. The number of likely N-dealkylation sites (tertiary alicyclic amines) is 1. The highest BCUT2D eigenvalue weighted by Gasteiger charge is 2.42. The number of fused-ring (bicyclic) bond motifs is 3. The van der Waals surface area contributed by atoms with Crippen LogP contribution in [-0.4, -0.2) is 70.4 Å². The van der Waals surface area contributed by atoms with E-state index in [1.165, 1.54) is 31.2 Å². The molecule has 1 fully saturated rings. The van der Waals surface area contributed by atoms with E-state index in [-0.39, 0.29) is 24.2 Å². The highest BCUT2D eigenvalue weighted by Crippen LogP contribution is 2.43. The predicted octanol–water partition coefficient (Wildman–Crippen LogP) is 5.54. The number of benzene rings is 2. The molecule has 0 radical (unpaired) electrons. The molecule has 9 heteroatoms. The first kappa shape index (κ1) is 27.0. The van der Waals surface area contributed by atoms with E-state index in [2.05, 4.69) is 22.1 Å². The number of halogens is 4. The zero-order valence-corrected chi connectivity index (χ0v) is 22.1. The lowest BCUT2D eigenvalue weighted by Gasteiger charge is -2.43. The number of nitrogens with zero attached hydrogens (tertiary/aromatic N) is 2. The van der Waals surface area contributed by atoms with Gasteiger partial charge < -0.3 is 15.4 Å². The Morgan fingerprint density at radius 2 is 1.84 bits per heavy atom. The number of rotatable bonds is 9. The summed E-state index contributed by atoms with van der Waals surface area (Å²) in [5, 5.41) is 13.5. The topological polar surface area (TPSA) is 54.5 Å². The minimum atomic E-state index is -1.98. The molecule has 3 N–H and O–H groups in total. The minimum Gasteiger partial charge on any atom is -0.393 e. The van der Waals surface area contributed by atoms with E-state index >= 15 is 13.2 Å². The zero-order chi connectivity index (χ0) is 27.2. The van der Waals surface area contributed by atoms with Gasteiger partial charge in [0.1, 0.15) is 23.1 Å². The normalized spacial score (nSPS) is 22.3. The largest absolute Gasteiger partial charge is 0.393 e. The third kappa shape index (κ3) is 5.16. The van der Waals surface area contributed by atoms with Crippen LogP contribution in [0, 0.1) is 17.5 Å². The Morgan fingerprint density at radius 1 is 1.13 bits per heavy atom. The first-order valence-electron chi connectivity index (χ1n) is 13.4. The standard InChI is InChI=1S/C29H36F4N4O/c1-4-5-8-36-13-20(14-36)34-19-11-23(31)26(24(32)12-19)28-27-22(21-10-18(30)6-7-25(21)35-27)9-17(2)37(28)15-29(3,33)16-38/h6-7,10-12,17,20,28,34-35,38H,4-5,8-9,13-16H2,1-3H3/t17-,28-,29-/m0/s1. The van der Waals surface area contributed by atoms with Crippen molar-refractivity contribution in [2.24, 2.45) is 0 Å². The van der Waals surface area contributed by atoms with Gasteiger partial charge in [-0.25, -0.2) is 17.6 Å². The highest BCUT2D eigenvalue weighted by atomic mass is 19.1. The van der Waals surface area contributed by atoms with Crippen molar-refractivity contribution >= 4 is 16.6 Å². The maximum absolute atomic E-state index is 15.8. The van der Waals surface area contributed by atoms with Gasteiger partial charge in [-0.15, -0.1) is 0 Å². The van der Waals surface area contributed by atoms with E-state index in [9.17, 15) is 9.50 Å². The van der Waals surface area contributed by atoms with Crippen LogP contribution in [-0.2, 0) is 6.42 Å². The maximum Gasteiger partial charge on any atom is 0.143 e. The Morgan fingerprint density at radius 3 is 2.50 bits per heavy atom. The van der Waals surface area contributed by atoms with Crippen molar-refractivity contribution in [2.75, 3.05) is 38.1 Å². The molecule has 2 aromatic carbocycles. The van der Waals surface area contributed by atoms with Gasteiger partial charge in [0.05, 0.1) is 18.7 Å². The van der Waals surface area contributed by atoms with Gasteiger partial charge in [0.2, 0.25) is 0 Å². The molecule has 206 valence electrons. The summed E-state index contributed by atoms with van der Waals surface area (Å²) >= 11 is 0. The van der Waals surface area contributed by atoms with Gasteiger partial charge in [0.15, 0.2) is 0 Å². The molecule has 0 unspecified atom stereocenters. The number of hydrogen-bond acceptors (Lipinski definition) is 4. The van der Waals surface area contributed by atoms with Gasteiger partial charge in [-0.1, -0.05) is 13.3 Å². The predicted molar refractivity (Wildman–Crippen MR) is 142 cm³/mol. The van der Waals surface area contributed by atoms with E-state index in [0.717, 1.165) is 38.0 Å². The van der Waals surface area contributed by atoms with Crippen LogP contribution in [0.5, 0.6) is 0 Å². The summed E-state index contributed by atoms with van der Waals surface area (Å²) in [4.78, 5) is 7.23. The Labute approximate surface area is 220 Å². The van der Waals surface area contributed by atoms with E-state index < -0.39 is 35.8 Å². The number of anilines is 1. The molecule has 5 nitrogen and oxygen atoms in total. The first-order chi connectivity index (χ1) is 18.1. The molecule has 0 amide bonds. The molecule has 3 atom stereocenters. The summed E-state index contributed by atoms with van der Waals surface area (Å²) in [7, 11) is 0. The molecule has 1 aromatic heterocycles. The number of hydrogen-bond donors (Lipinski definition) is 3. The number of aliphatic hydroxyl groups is 1. The van der Waals surface area contributed by atoms with Crippen LogP contribution in [0.1, 0.15) is 56.5 Å². The Balaban J connectivity index is 1.52. The second-order valence-electron chi connectivity index (χ2n) is 11.2. The summed E-state index contributed by atoms with van der Waals surface area (Å²) in [5.74, 6) is -1.88. The van der Waals surface area contributed by atoms with E-state index in [4.69, 9.17) is 0 Å². The number of H-pyrrole nitrogens is 1.